The van der Waals surface area contributed by atoms with Crippen molar-refractivity contribution in [3.05, 3.63) is 95.6 Å². The van der Waals surface area contributed by atoms with Gasteiger partial charge in [0, 0.05) is 18.2 Å². The van der Waals surface area contributed by atoms with Crippen LogP contribution in [0.5, 0.6) is 0 Å². The molecule has 0 spiro atoms. The summed E-state index contributed by atoms with van der Waals surface area (Å²) in [5, 5.41) is 0. The highest BCUT2D eigenvalue weighted by atomic mass is 16.1. The van der Waals surface area contributed by atoms with Crippen LogP contribution in [0, 0.1) is 0 Å². The molecule has 2 aromatic carbocycles. The number of nitrogens with zero attached hydrogens (tertiary/aromatic N) is 3. The Morgan fingerprint density at radius 2 is 1.85 bits per heavy atom. The van der Waals surface area contributed by atoms with E-state index in [0.717, 1.165) is 61.2 Å². The molecule has 0 saturated heterocycles. The fraction of sp³-hybridized carbons (Fsp3) is 0.321. The predicted molar refractivity (Wildman–Crippen MR) is 131 cm³/mol. The smallest absolute Gasteiger partial charge is 0.162 e. The van der Waals surface area contributed by atoms with E-state index in [-0.39, 0.29) is 11.8 Å². The molecule has 4 aromatic rings. The second kappa shape index (κ2) is 10.1. The van der Waals surface area contributed by atoms with Crippen molar-refractivity contribution < 1.29 is 4.79 Å². The molecule has 1 N–H and O–H groups in total. The highest BCUT2D eigenvalue weighted by Gasteiger charge is 2.27. The summed E-state index contributed by atoms with van der Waals surface area (Å²) >= 11 is 0. The Morgan fingerprint density at radius 3 is 2.73 bits per heavy atom. The maximum absolute atomic E-state index is 12.5. The summed E-state index contributed by atoms with van der Waals surface area (Å²) in [5.74, 6) is 1.21. The molecule has 0 amide bonds. The van der Waals surface area contributed by atoms with E-state index in [1.54, 1.807) is 0 Å². The number of rotatable bonds is 9. The van der Waals surface area contributed by atoms with Crippen LogP contribution in [0.4, 0.5) is 0 Å². The number of Topliss-reactive ketones (excluding diaryl/α,β-unsaturated/α-hetero) is 1. The van der Waals surface area contributed by atoms with Crippen molar-refractivity contribution in [1.29, 1.82) is 0 Å². The van der Waals surface area contributed by atoms with Gasteiger partial charge in [-0.25, -0.2) is 4.98 Å². The van der Waals surface area contributed by atoms with Gasteiger partial charge in [-0.1, -0.05) is 48.5 Å². The van der Waals surface area contributed by atoms with Crippen LogP contribution in [0.2, 0.25) is 0 Å². The number of carbonyl (C=O) groups excluding carboxylic acids is 1. The Balaban J connectivity index is 1.30. The van der Waals surface area contributed by atoms with Crippen LogP contribution in [0.15, 0.2) is 72.9 Å². The number of aromatic nitrogens is 3. The van der Waals surface area contributed by atoms with E-state index >= 15 is 0 Å². The van der Waals surface area contributed by atoms with Gasteiger partial charge in [-0.05, 0) is 62.4 Å². The van der Waals surface area contributed by atoms with Gasteiger partial charge in [0.1, 0.15) is 5.82 Å². The molecule has 1 unspecified atom stereocenters. The molecule has 0 fully saturated rings. The third-order valence-corrected chi connectivity index (χ3v) is 6.59. The highest BCUT2D eigenvalue weighted by molar-refractivity contribution is 5.95. The second-order valence-electron chi connectivity index (χ2n) is 8.87. The summed E-state index contributed by atoms with van der Waals surface area (Å²) in [5.41, 5.74) is 5.45. The van der Waals surface area contributed by atoms with E-state index < -0.39 is 0 Å². The summed E-state index contributed by atoms with van der Waals surface area (Å²) in [6.07, 6.45) is 7.73. The number of nitrogens with one attached hydrogen (secondary N) is 1. The summed E-state index contributed by atoms with van der Waals surface area (Å²) in [4.78, 5) is 28.1. The van der Waals surface area contributed by atoms with Crippen molar-refractivity contribution in [2.24, 2.45) is 0 Å². The zero-order valence-electron chi connectivity index (χ0n) is 18.9. The molecular formula is C28H30N4O. The minimum Gasteiger partial charge on any atom is -0.341 e. The average molecular weight is 439 g/mol. The van der Waals surface area contributed by atoms with Crippen molar-refractivity contribution in [3.63, 3.8) is 0 Å². The predicted octanol–water partition coefficient (Wildman–Crippen LogP) is 5.89. The number of hydrogen-bond acceptors (Lipinski definition) is 4. The molecule has 2 heterocycles. The lowest BCUT2D eigenvalue weighted by atomic mass is 9.90. The number of aromatic amines is 1. The molecule has 2 aromatic heterocycles. The standard InChI is InChI=1S/C28H30N4O/c33-26(21-10-2-1-3-11-21)17-6-7-19-32(20-27-30-23-14-4-5-15-24(23)31-27)25-16-8-12-22-13-9-18-29-28(22)25/h1-5,9-11,13-15,18,25H,6-8,12,16-17,19-20H2,(H,30,31). The van der Waals surface area contributed by atoms with Crippen LogP contribution in [0.3, 0.4) is 0 Å². The third kappa shape index (κ3) is 5.04. The number of aryl methyl sites for hydroxylation is 1. The largest absolute Gasteiger partial charge is 0.341 e. The van der Waals surface area contributed by atoms with Gasteiger partial charge in [0.25, 0.3) is 0 Å². The van der Waals surface area contributed by atoms with Crippen LogP contribution in [0.25, 0.3) is 11.0 Å². The minimum absolute atomic E-state index is 0.226. The number of unbranched alkanes of at least 4 members (excludes halogenated alkanes) is 1. The quantitative estimate of drug-likeness (QED) is 0.261. The first-order chi connectivity index (χ1) is 16.3. The topological polar surface area (TPSA) is 61.9 Å². The molecule has 0 bridgehead atoms. The van der Waals surface area contributed by atoms with Gasteiger partial charge in [-0.3, -0.25) is 14.7 Å². The van der Waals surface area contributed by atoms with Gasteiger partial charge >= 0.3 is 0 Å². The highest BCUT2D eigenvalue weighted by Crippen LogP contribution is 2.34. The summed E-state index contributed by atoms with van der Waals surface area (Å²) in [6.45, 7) is 1.67. The van der Waals surface area contributed by atoms with E-state index in [0.29, 0.717) is 6.42 Å². The van der Waals surface area contributed by atoms with Crippen molar-refractivity contribution in [3.8, 4) is 0 Å². The van der Waals surface area contributed by atoms with Gasteiger partial charge in [-0.15, -0.1) is 0 Å². The van der Waals surface area contributed by atoms with Gasteiger partial charge in [0.2, 0.25) is 0 Å². The van der Waals surface area contributed by atoms with Gasteiger partial charge in [0.15, 0.2) is 5.78 Å². The molecule has 33 heavy (non-hydrogen) atoms. The second-order valence-corrected chi connectivity index (χ2v) is 8.87. The maximum Gasteiger partial charge on any atom is 0.162 e. The monoisotopic (exact) mass is 438 g/mol. The fourth-order valence-electron chi connectivity index (χ4n) is 4.93. The first-order valence-electron chi connectivity index (χ1n) is 12.0. The van der Waals surface area contributed by atoms with Crippen molar-refractivity contribution in [2.45, 2.75) is 51.1 Å². The zero-order valence-corrected chi connectivity index (χ0v) is 18.9. The Hall–Kier alpha value is -3.31. The van der Waals surface area contributed by atoms with E-state index in [4.69, 9.17) is 9.97 Å². The summed E-state index contributed by atoms with van der Waals surface area (Å²) in [7, 11) is 0. The van der Waals surface area contributed by atoms with E-state index in [1.807, 2.05) is 60.8 Å². The Labute approximate surface area is 194 Å². The number of carbonyl (C=O) groups is 1. The van der Waals surface area contributed by atoms with E-state index in [9.17, 15) is 4.79 Å². The fourth-order valence-corrected chi connectivity index (χ4v) is 4.93. The van der Waals surface area contributed by atoms with Crippen LogP contribution in [0.1, 0.15) is 65.6 Å². The summed E-state index contributed by atoms with van der Waals surface area (Å²) < 4.78 is 0. The molecular weight excluding hydrogens is 408 g/mol. The number of pyridine rings is 1. The number of hydrogen-bond donors (Lipinski definition) is 1. The Bertz CT molecular complexity index is 1180. The average Bonchev–Trinajstić information content (AvgIpc) is 3.28. The first kappa shape index (κ1) is 21.5. The minimum atomic E-state index is 0.226. The molecule has 1 aliphatic rings. The van der Waals surface area contributed by atoms with Crippen LogP contribution >= 0.6 is 0 Å². The molecule has 5 nitrogen and oxygen atoms in total. The lowest BCUT2D eigenvalue weighted by Gasteiger charge is -2.34. The first-order valence-corrected chi connectivity index (χ1v) is 12.0. The molecule has 0 saturated carbocycles. The Morgan fingerprint density at radius 1 is 1.00 bits per heavy atom. The van der Waals surface area contributed by atoms with Gasteiger partial charge in [-0.2, -0.15) is 0 Å². The van der Waals surface area contributed by atoms with Crippen LogP contribution in [-0.4, -0.2) is 32.2 Å². The molecule has 5 rings (SSSR count). The number of ketones is 1. The summed E-state index contributed by atoms with van der Waals surface area (Å²) in [6, 6.07) is 22.3. The van der Waals surface area contributed by atoms with Crippen LogP contribution < -0.4 is 0 Å². The Kier molecular flexibility index (Phi) is 6.58. The van der Waals surface area contributed by atoms with Gasteiger partial charge in [0.05, 0.1) is 29.3 Å². The molecule has 0 radical (unpaired) electrons. The van der Waals surface area contributed by atoms with Crippen molar-refractivity contribution >= 4 is 16.8 Å². The van der Waals surface area contributed by atoms with Crippen molar-refractivity contribution in [2.75, 3.05) is 6.54 Å². The maximum atomic E-state index is 12.5. The van der Waals surface area contributed by atoms with Crippen LogP contribution in [-0.2, 0) is 13.0 Å². The van der Waals surface area contributed by atoms with E-state index in [1.165, 1.54) is 17.7 Å². The molecule has 1 aliphatic carbocycles. The molecule has 5 heteroatoms. The normalized spacial score (nSPS) is 15.6. The number of benzene rings is 2. The SMILES string of the molecule is O=C(CCCCN(Cc1nc2ccccc2[nH]1)C1CCCc2cccnc21)c1ccccc1. The van der Waals surface area contributed by atoms with Crippen molar-refractivity contribution in [1.82, 2.24) is 19.9 Å². The zero-order chi connectivity index (χ0) is 22.5. The van der Waals surface area contributed by atoms with Gasteiger partial charge < -0.3 is 4.98 Å². The number of H-pyrrole nitrogens is 1. The molecule has 0 aliphatic heterocycles. The number of para-hydroxylation sites is 2. The third-order valence-electron chi connectivity index (χ3n) is 6.59. The number of imidazole rings is 1. The number of fused-ring (bicyclic) bond motifs is 2. The lowest BCUT2D eigenvalue weighted by molar-refractivity contribution is 0.0974. The molecule has 1 atom stereocenters. The van der Waals surface area contributed by atoms with E-state index in [2.05, 4.69) is 22.0 Å². The molecule has 168 valence electrons. The lowest BCUT2D eigenvalue weighted by Crippen LogP contribution is -2.33.